The number of nitrogens with zero attached hydrogens (tertiary/aromatic N) is 3. The monoisotopic (exact) mass is 517 g/mol. The van der Waals surface area contributed by atoms with Crippen LogP contribution in [0.4, 0.5) is 0 Å². The summed E-state index contributed by atoms with van der Waals surface area (Å²) in [6.45, 7) is 7.74. The molecule has 0 saturated carbocycles. The Hall–Kier alpha value is -1.42. The van der Waals surface area contributed by atoms with Crippen molar-refractivity contribution < 1.29 is 4.74 Å². The quantitative estimate of drug-likeness (QED) is 0.156. The number of aryl methyl sites for hydroxylation is 1. The minimum atomic E-state index is 0. The number of guanidine groups is 1. The number of benzene rings is 1. The molecule has 1 atom stereocenters. The van der Waals surface area contributed by atoms with Crippen molar-refractivity contribution in [2.24, 2.45) is 10.9 Å². The van der Waals surface area contributed by atoms with Gasteiger partial charge in [-0.05, 0) is 37.5 Å². The minimum absolute atomic E-state index is 0. The molecule has 0 bridgehead atoms. The van der Waals surface area contributed by atoms with Gasteiger partial charge in [0.25, 0.3) is 0 Å². The van der Waals surface area contributed by atoms with Crippen LogP contribution in [0.2, 0.25) is 0 Å². The molecule has 1 aromatic heterocycles. The summed E-state index contributed by atoms with van der Waals surface area (Å²) in [4.78, 5) is 5.91. The molecule has 2 aromatic rings. The number of thioether (sulfide) groups is 1. The molecule has 156 valence electrons. The molecule has 1 aromatic carbocycles. The van der Waals surface area contributed by atoms with E-state index in [9.17, 15) is 0 Å². The maximum atomic E-state index is 5.41. The Morgan fingerprint density at radius 2 is 2.11 bits per heavy atom. The summed E-state index contributed by atoms with van der Waals surface area (Å²) in [6, 6.07) is 10.1. The number of aromatic nitrogens is 2. The van der Waals surface area contributed by atoms with Gasteiger partial charge in [-0.15, -0.1) is 35.7 Å². The highest BCUT2D eigenvalue weighted by atomic mass is 127. The standard InChI is InChI=1S/C20H31N5OS.HI/c1-4-21-20(22-11-7-13-25-14-8-12-24-25)23-15-17(2)16-27-19-10-6-5-9-18(19)26-3;/h5-6,8-10,12,14,17H,4,7,11,13,15-16H2,1-3H3,(H2,21,22,23);1H. The summed E-state index contributed by atoms with van der Waals surface area (Å²) < 4.78 is 7.36. The first kappa shape index (κ1) is 24.6. The van der Waals surface area contributed by atoms with Crippen LogP contribution in [0.5, 0.6) is 5.75 Å². The van der Waals surface area contributed by atoms with Gasteiger partial charge in [-0.1, -0.05) is 19.1 Å². The summed E-state index contributed by atoms with van der Waals surface area (Å²) in [6.07, 6.45) is 4.80. The maximum absolute atomic E-state index is 5.41. The number of ether oxygens (including phenoxy) is 1. The average molecular weight is 517 g/mol. The van der Waals surface area contributed by atoms with Crippen LogP contribution in [0.3, 0.4) is 0 Å². The number of hydrogen-bond acceptors (Lipinski definition) is 4. The molecule has 2 rings (SSSR count). The molecule has 1 unspecified atom stereocenters. The van der Waals surface area contributed by atoms with Crippen molar-refractivity contribution >= 4 is 41.7 Å². The molecule has 28 heavy (non-hydrogen) atoms. The van der Waals surface area contributed by atoms with E-state index in [2.05, 4.69) is 35.6 Å². The van der Waals surface area contributed by atoms with Gasteiger partial charge in [0.2, 0.25) is 0 Å². The number of para-hydroxylation sites is 1. The number of aliphatic imine (C=N–C) groups is 1. The summed E-state index contributed by atoms with van der Waals surface area (Å²) >= 11 is 1.82. The van der Waals surface area contributed by atoms with E-state index in [1.807, 2.05) is 53.1 Å². The van der Waals surface area contributed by atoms with Crippen LogP contribution >= 0.6 is 35.7 Å². The smallest absolute Gasteiger partial charge is 0.191 e. The van der Waals surface area contributed by atoms with Gasteiger partial charge in [0.15, 0.2) is 5.96 Å². The molecular formula is C20H32IN5OS. The van der Waals surface area contributed by atoms with Crippen LogP contribution in [-0.4, -0.2) is 48.2 Å². The number of halogens is 1. The van der Waals surface area contributed by atoms with E-state index in [0.29, 0.717) is 5.92 Å². The highest BCUT2D eigenvalue weighted by molar-refractivity contribution is 14.0. The highest BCUT2D eigenvalue weighted by Crippen LogP contribution is 2.29. The topological polar surface area (TPSA) is 63.5 Å². The molecule has 0 aliphatic rings. The predicted molar refractivity (Wildman–Crippen MR) is 129 cm³/mol. The largest absolute Gasteiger partial charge is 0.496 e. The lowest BCUT2D eigenvalue weighted by Crippen LogP contribution is -2.38. The van der Waals surface area contributed by atoms with Gasteiger partial charge in [-0.3, -0.25) is 9.67 Å². The summed E-state index contributed by atoms with van der Waals surface area (Å²) in [5.41, 5.74) is 0. The van der Waals surface area contributed by atoms with E-state index >= 15 is 0 Å². The van der Waals surface area contributed by atoms with Crippen molar-refractivity contribution in [2.45, 2.75) is 31.7 Å². The van der Waals surface area contributed by atoms with Gasteiger partial charge in [0.1, 0.15) is 5.75 Å². The van der Waals surface area contributed by atoms with Crippen LogP contribution < -0.4 is 15.4 Å². The average Bonchev–Trinajstić information content (AvgIpc) is 3.21. The molecule has 0 saturated heterocycles. The Labute approximate surface area is 189 Å². The number of nitrogens with one attached hydrogen (secondary N) is 2. The fraction of sp³-hybridized carbons (Fsp3) is 0.500. The lowest BCUT2D eigenvalue weighted by Gasteiger charge is -2.14. The van der Waals surface area contributed by atoms with Crippen molar-refractivity contribution in [3.8, 4) is 5.75 Å². The summed E-state index contributed by atoms with van der Waals surface area (Å²) in [5, 5.41) is 10.9. The summed E-state index contributed by atoms with van der Waals surface area (Å²) in [5.74, 6) is 3.29. The Morgan fingerprint density at radius 1 is 1.29 bits per heavy atom. The second-order valence-electron chi connectivity index (χ2n) is 6.34. The van der Waals surface area contributed by atoms with Crippen molar-refractivity contribution in [1.82, 2.24) is 20.4 Å². The van der Waals surface area contributed by atoms with Crippen LogP contribution in [0, 0.1) is 5.92 Å². The van der Waals surface area contributed by atoms with E-state index in [4.69, 9.17) is 9.73 Å². The third-order valence-corrected chi connectivity index (χ3v) is 5.30. The molecule has 0 aliphatic heterocycles. The Morgan fingerprint density at radius 3 is 2.82 bits per heavy atom. The molecule has 0 radical (unpaired) electrons. The molecule has 0 amide bonds. The van der Waals surface area contributed by atoms with E-state index in [0.717, 1.165) is 50.1 Å². The number of hydrogen-bond donors (Lipinski definition) is 2. The maximum Gasteiger partial charge on any atom is 0.191 e. The minimum Gasteiger partial charge on any atom is -0.496 e. The first-order chi connectivity index (χ1) is 13.2. The van der Waals surface area contributed by atoms with Crippen LogP contribution in [0.25, 0.3) is 0 Å². The Kier molecular flexibility index (Phi) is 12.8. The van der Waals surface area contributed by atoms with Crippen molar-refractivity contribution in [3.05, 3.63) is 42.7 Å². The van der Waals surface area contributed by atoms with Crippen molar-refractivity contribution in [2.75, 3.05) is 32.5 Å². The normalized spacial score (nSPS) is 12.2. The third kappa shape index (κ3) is 9.18. The first-order valence-electron chi connectivity index (χ1n) is 9.48. The van der Waals surface area contributed by atoms with Gasteiger partial charge < -0.3 is 15.4 Å². The molecule has 8 heteroatoms. The highest BCUT2D eigenvalue weighted by Gasteiger charge is 2.07. The Balaban J connectivity index is 0.00000392. The predicted octanol–water partition coefficient (Wildman–Crippen LogP) is 3.88. The molecule has 2 N–H and O–H groups in total. The van der Waals surface area contributed by atoms with E-state index < -0.39 is 0 Å². The molecule has 1 heterocycles. The fourth-order valence-corrected chi connectivity index (χ4v) is 3.53. The second-order valence-corrected chi connectivity index (χ2v) is 7.40. The zero-order valence-electron chi connectivity index (χ0n) is 16.9. The van der Waals surface area contributed by atoms with Gasteiger partial charge >= 0.3 is 0 Å². The van der Waals surface area contributed by atoms with Crippen LogP contribution in [-0.2, 0) is 6.54 Å². The molecule has 0 aliphatic carbocycles. The zero-order chi connectivity index (χ0) is 19.3. The van der Waals surface area contributed by atoms with Gasteiger partial charge in [0.05, 0.1) is 7.11 Å². The lowest BCUT2D eigenvalue weighted by atomic mass is 10.2. The Bertz CT molecular complexity index is 681. The fourth-order valence-electron chi connectivity index (χ4n) is 2.49. The molecule has 6 nitrogen and oxygen atoms in total. The van der Waals surface area contributed by atoms with Gasteiger partial charge in [-0.2, -0.15) is 5.10 Å². The zero-order valence-corrected chi connectivity index (χ0v) is 20.1. The first-order valence-corrected chi connectivity index (χ1v) is 10.5. The van der Waals surface area contributed by atoms with E-state index in [-0.39, 0.29) is 24.0 Å². The summed E-state index contributed by atoms with van der Waals surface area (Å²) in [7, 11) is 1.72. The van der Waals surface area contributed by atoms with E-state index in [1.165, 1.54) is 4.90 Å². The molecule has 0 fully saturated rings. The van der Waals surface area contributed by atoms with Crippen molar-refractivity contribution in [3.63, 3.8) is 0 Å². The van der Waals surface area contributed by atoms with Gasteiger partial charge in [-0.25, -0.2) is 0 Å². The van der Waals surface area contributed by atoms with E-state index in [1.54, 1.807) is 7.11 Å². The number of rotatable bonds is 11. The van der Waals surface area contributed by atoms with Crippen molar-refractivity contribution in [1.29, 1.82) is 0 Å². The number of methoxy groups -OCH3 is 1. The second kappa shape index (κ2) is 14.6. The molecule has 0 spiro atoms. The third-order valence-electron chi connectivity index (χ3n) is 3.91. The lowest BCUT2D eigenvalue weighted by molar-refractivity contribution is 0.405. The molecular weight excluding hydrogens is 485 g/mol. The van der Waals surface area contributed by atoms with Gasteiger partial charge in [0, 0.05) is 49.2 Å². The van der Waals surface area contributed by atoms with Crippen LogP contribution in [0.15, 0.2) is 52.6 Å². The SMILES string of the molecule is CCNC(=NCC(C)CSc1ccccc1OC)NCCCn1cccn1.I. The van der Waals surface area contributed by atoms with Crippen LogP contribution in [0.1, 0.15) is 20.3 Å².